The number of carbonyl (C=O) groups excluding carboxylic acids is 4. The molecule has 2 saturated heterocycles. The molecule has 0 radical (unpaired) electrons. The second-order valence-electron chi connectivity index (χ2n) is 7.98. The Labute approximate surface area is 176 Å². The Morgan fingerprint density at radius 3 is 2.33 bits per heavy atom. The summed E-state index contributed by atoms with van der Waals surface area (Å²) < 4.78 is 9.66. The predicted molar refractivity (Wildman–Crippen MR) is 107 cm³/mol. The molecular weight excluding hydrogens is 388 g/mol. The highest BCUT2D eigenvalue weighted by Crippen LogP contribution is 2.29. The zero-order valence-electron chi connectivity index (χ0n) is 17.6. The molecule has 162 valence electrons. The molecule has 0 aliphatic carbocycles. The van der Waals surface area contributed by atoms with Crippen LogP contribution in [0.4, 0.5) is 0 Å². The second kappa shape index (κ2) is 9.28. The number of esters is 2. The number of methoxy groups -OCH3 is 2. The summed E-state index contributed by atoms with van der Waals surface area (Å²) >= 11 is 0. The van der Waals surface area contributed by atoms with E-state index < -0.39 is 29.8 Å². The smallest absolute Gasteiger partial charge is 0.328 e. The number of nitrogens with zero attached hydrogens (tertiary/aromatic N) is 2. The summed E-state index contributed by atoms with van der Waals surface area (Å²) in [4.78, 5) is 53.1. The van der Waals surface area contributed by atoms with Crippen molar-refractivity contribution in [3.63, 3.8) is 0 Å². The number of hydrogen-bond donors (Lipinski definition) is 0. The third-order valence-electron chi connectivity index (χ3n) is 5.95. The normalized spacial score (nSPS) is 24.0. The molecule has 1 aromatic rings. The molecule has 2 amide bonds. The number of piperidine rings is 1. The summed E-state index contributed by atoms with van der Waals surface area (Å²) in [5, 5.41) is 0. The van der Waals surface area contributed by atoms with E-state index in [2.05, 4.69) is 0 Å². The minimum atomic E-state index is -0.846. The molecule has 0 bridgehead atoms. The molecule has 2 aliphatic rings. The van der Waals surface area contributed by atoms with Crippen LogP contribution in [0.3, 0.4) is 0 Å². The van der Waals surface area contributed by atoms with Crippen molar-refractivity contribution in [3.05, 3.63) is 35.4 Å². The molecule has 2 aliphatic heterocycles. The van der Waals surface area contributed by atoms with Gasteiger partial charge in [0.25, 0.3) is 0 Å². The van der Waals surface area contributed by atoms with E-state index in [-0.39, 0.29) is 31.2 Å². The molecule has 8 nitrogen and oxygen atoms in total. The van der Waals surface area contributed by atoms with Crippen molar-refractivity contribution >= 4 is 23.8 Å². The van der Waals surface area contributed by atoms with E-state index in [9.17, 15) is 19.2 Å². The SMILES string of the molecule is COC(=O)[C@@H]1CCN(C(=O)[C@H]2CC(=O)N(Cc3ccc(C)cc3)C2)[C@@H](C(=O)OC)C1. The van der Waals surface area contributed by atoms with Gasteiger partial charge in [-0.25, -0.2) is 4.79 Å². The molecular formula is C22H28N2O6. The van der Waals surface area contributed by atoms with Gasteiger partial charge in [-0.15, -0.1) is 0 Å². The van der Waals surface area contributed by atoms with Gasteiger partial charge >= 0.3 is 11.9 Å². The second-order valence-corrected chi connectivity index (χ2v) is 7.98. The molecule has 0 spiro atoms. The largest absolute Gasteiger partial charge is 0.469 e. The fourth-order valence-corrected chi connectivity index (χ4v) is 4.21. The lowest BCUT2D eigenvalue weighted by molar-refractivity contribution is -0.161. The summed E-state index contributed by atoms with van der Waals surface area (Å²) in [5.74, 6) is -2.23. The molecule has 0 unspecified atom stereocenters. The van der Waals surface area contributed by atoms with E-state index in [4.69, 9.17) is 9.47 Å². The molecule has 3 rings (SSSR count). The average molecular weight is 416 g/mol. The van der Waals surface area contributed by atoms with E-state index in [1.807, 2.05) is 31.2 Å². The van der Waals surface area contributed by atoms with Gasteiger partial charge in [-0.05, 0) is 25.3 Å². The minimum absolute atomic E-state index is 0.0759. The highest BCUT2D eigenvalue weighted by atomic mass is 16.5. The van der Waals surface area contributed by atoms with E-state index in [0.717, 1.165) is 11.1 Å². The number of ether oxygens (including phenoxy) is 2. The molecule has 2 heterocycles. The lowest BCUT2D eigenvalue weighted by Gasteiger charge is -2.38. The first-order valence-electron chi connectivity index (χ1n) is 10.1. The summed E-state index contributed by atoms with van der Waals surface area (Å²) in [6.45, 7) is 3.02. The highest BCUT2D eigenvalue weighted by Gasteiger charge is 2.44. The first kappa shape index (κ1) is 21.8. The van der Waals surface area contributed by atoms with Crippen molar-refractivity contribution in [1.82, 2.24) is 9.80 Å². The first-order valence-corrected chi connectivity index (χ1v) is 10.1. The van der Waals surface area contributed by atoms with Gasteiger partial charge in [-0.1, -0.05) is 29.8 Å². The number of carbonyl (C=O) groups is 4. The Kier molecular flexibility index (Phi) is 6.74. The van der Waals surface area contributed by atoms with Crippen LogP contribution in [0.2, 0.25) is 0 Å². The standard InChI is InChI=1S/C22H28N2O6/c1-14-4-6-15(7-5-14)12-23-13-17(11-19(23)25)20(26)24-9-8-16(21(27)29-2)10-18(24)22(28)30-3/h4-7,16-18H,8-13H2,1-3H3/t16-,17+,18-/m1/s1. The predicted octanol–water partition coefficient (Wildman–Crippen LogP) is 1.30. The average Bonchev–Trinajstić information content (AvgIpc) is 3.13. The van der Waals surface area contributed by atoms with Crippen molar-refractivity contribution in [2.24, 2.45) is 11.8 Å². The summed E-state index contributed by atoms with van der Waals surface area (Å²) in [6.07, 6.45) is 0.702. The van der Waals surface area contributed by atoms with Crippen LogP contribution in [0, 0.1) is 18.8 Å². The summed E-state index contributed by atoms with van der Waals surface area (Å²) in [5.41, 5.74) is 2.15. The Morgan fingerprint density at radius 1 is 1.03 bits per heavy atom. The zero-order valence-corrected chi connectivity index (χ0v) is 17.6. The van der Waals surface area contributed by atoms with Gasteiger partial charge in [0, 0.05) is 26.1 Å². The molecule has 30 heavy (non-hydrogen) atoms. The van der Waals surface area contributed by atoms with Crippen LogP contribution >= 0.6 is 0 Å². The van der Waals surface area contributed by atoms with Gasteiger partial charge < -0.3 is 19.3 Å². The van der Waals surface area contributed by atoms with Crippen molar-refractivity contribution < 1.29 is 28.7 Å². The van der Waals surface area contributed by atoms with Crippen LogP contribution in [-0.4, -0.2) is 66.9 Å². The maximum Gasteiger partial charge on any atom is 0.328 e. The van der Waals surface area contributed by atoms with Crippen molar-refractivity contribution in [2.45, 2.75) is 38.8 Å². The topological polar surface area (TPSA) is 93.2 Å². The summed E-state index contributed by atoms with van der Waals surface area (Å²) in [6, 6.07) is 7.09. The molecule has 1 aromatic carbocycles. The van der Waals surface area contributed by atoms with Gasteiger partial charge in [-0.3, -0.25) is 14.4 Å². The number of amides is 2. The van der Waals surface area contributed by atoms with Crippen LogP contribution in [0.25, 0.3) is 0 Å². The van der Waals surface area contributed by atoms with Crippen molar-refractivity contribution in [3.8, 4) is 0 Å². The number of aryl methyl sites for hydroxylation is 1. The molecule has 8 heteroatoms. The Balaban J connectivity index is 1.68. The van der Waals surface area contributed by atoms with Gasteiger partial charge in [0.2, 0.25) is 11.8 Å². The summed E-state index contributed by atoms with van der Waals surface area (Å²) in [7, 11) is 2.56. The quantitative estimate of drug-likeness (QED) is 0.672. The van der Waals surface area contributed by atoms with E-state index in [1.54, 1.807) is 4.90 Å². The third-order valence-corrected chi connectivity index (χ3v) is 5.95. The fraction of sp³-hybridized carbons (Fsp3) is 0.545. The van der Waals surface area contributed by atoms with Crippen molar-refractivity contribution in [1.29, 1.82) is 0 Å². The molecule has 3 atom stereocenters. The number of likely N-dealkylation sites (tertiary alicyclic amines) is 2. The lowest BCUT2D eigenvalue weighted by Crippen LogP contribution is -2.53. The fourth-order valence-electron chi connectivity index (χ4n) is 4.21. The molecule has 0 saturated carbocycles. The van der Waals surface area contributed by atoms with E-state index in [0.29, 0.717) is 19.5 Å². The zero-order chi connectivity index (χ0) is 21.8. The Morgan fingerprint density at radius 2 is 1.70 bits per heavy atom. The van der Waals surface area contributed by atoms with Crippen LogP contribution in [0.1, 0.15) is 30.4 Å². The van der Waals surface area contributed by atoms with Crippen molar-refractivity contribution in [2.75, 3.05) is 27.3 Å². The van der Waals surface area contributed by atoms with Gasteiger partial charge in [0.05, 0.1) is 26.1 Å². The molecule has 0 N–H and O–H groups in total. The molecule has 0 aromatic heterocycles. The number of rotatable bonds is 5. The van der Waals surface area contributed by atoms with Gasteiger partial charge in [0.1, 0.15) is 6.04 Å². The monoisotopic (exact) mass is 416 g/mol. The van der Waals surface area contributed by atoms with Gasteiger partial charge in [0.15, 0.2) is 0 Å². The first-order chi connectivity index (χ1) is 14.3. The van der Waals surface area contributed by atoms with E-state index >= 15 is 0 Å². The maximum absolute atomic E-state index is 13.2. The lowest BCUT2D eigenvalue weighted by atomic mass is 9.89. The molecule has 2 fully saturated rings. The van der Waals surface area contributed by atoms with Crippen LogP contribution < -0.4 is 0 Å². The minimum Gasteiger partial charge on any atom is -0.469 e. The Bertz CT molecular complexity index is 821. The van der Waals surface area contributed by atoms with Crippen LogP contribution in [0.15, 0.2) is 24.3 Å². The van der Waals surface area contributed by atoms with Crippen LogP contribution in [0.5, 0.6) is 0 Å². The third kappa shape index (κ3) is 4.63. The maximum atomic E-state index is 13.2. The number of benzene rings is 1. The van der Waals surface area contributed by atoms with E-state index in [1.165, 1.54) is 19.1 Å². The highest BCUT2D eigenvalue weighted by molar-refractivity contribution is 5.92. The number of hydrogen-bond acceptors (Lipinski definition) is 6. The Hall–Kier alpha value is -2.90. The van der Waals surface area contributed by atoms with Gasteiger partial charge in [-0.2, -0.15) is 0 Å². The van der Waals surface area contributed by atoms with Crippen LogP contribution in [-0.2, 0) is 35.2 Å².